The van der Waals surface area contributed by atoms with E-state index in [1.165, 1.54) is 5.56 Å². The summed E-state index contributed by atoms with van der Waals surface area (Å²) in [6.45, 7) is 8.66. The molecule has 33 heavy (non-hydrogen) atoms. The number of hydrogen-bond donors (Lipinski definition) is 2. The molecule has 2 aromatic rings. The largest absolute Gasteiger partial charge is 0.491 e. The monoisotopic (exact) mass is 569 g/mol. The van der Waals surface area contributed by atoms with Crippen LogP contribution in [-0.4, -0.2) is 52.1 Å². The molecule has 3 rings (SSSR count). The standard InChI is InChI=1S/C25H35N3O4.HI/c1-4-26-25(27-16-20-6-9-22(10-7-20)31-14-13-29-3)28-17-21-8-5-19(2)15-24(21)32-23-11-12-30-18-23;/h5-10,15,23H,4,11-14,16-18H2,1-3H3,(H2,26,27,28);1H. The van der Waals surface area contributed by atoms with Crippen molar-refractivity contribution in [3.05, 3.63) is 59.2 Å². The topological polar surface area (TPSA) is 73.3 Å². The Morgan fingerprint density at radius 3 is 2.64 bits per heavy atom. The molecule has 2 aromatic carbocycles. The van der Waals surface area contributed by atoms with E-state index in [-0.39, 0.29) is 30.1 Å². The van der Waals surface area contributed by atoms with Gasteiger partial charge in [-0.2, -0.15) is 0 Å². The number of ether oxygens (including phenoxy) is 4. The summed E-state index contributed by atoms with van der Waals surface area (Å²) in [6.07, 6.45) is 1.06. The highest BCUT2D eigenvalue weighted by molar-refractivity contribution is 14.0. The van der Waals surface area contributed by atoms with Crippen LogP contribution in [0.4, 0.5) is 0 Å². The van der Waals surface area contributed by atoms with Crippen molar-refractivity contribution in [2.45, 2.75) is 39.5 Å². The van der Waals surface area contributed by atoms with E-state index >= 15 is 0 Å². The number of hydrogen-bond acceptors (Lipinski definition) is 5. The number of methoxy groups -OCH3 is 1. The Morgan fingerprint density at radius 1 is 1.12 bits per heavy atom. The number of nitrogens with one attached hydrogen (secondary N) is 2. The van der Waals surface area contributed by atoms with Crippen LogP contribution in [0.1, 0.15) is 30.0 Å². The molecule has 1 fully saturated rings. The van der Waals surface area contributed by atoms with Gasteiger partial charge in [-0.05, 0) is 43.2 Å². The molecular formula is C25H36IN3O4. The molecule has 1 saturated heterocycles. The molecule has 2 N–H and O–H groups in total. The van der Waals surface area contributed by atoms with Gasteiger partial charge in [0, 0.05) is 32.2 Å². The molecule has 0 bridgehead atoms. The van der Waals surface area contributed by atoms with Crippen LogP contribution in [0.15, 0.2) is 47.5 Å². The minimum absolute atomic E-state index is 0. The fraction of sp³-hybridized carbons (Fsp3) is 0.480. The summed E-state index contributed by atoms with van der Waals surface area (Å²) in [7, 11) is 1.66. The predicted octanol–water partition coefficient (Wildman–Crippen LogP) is 4.06. The molecule has 7 nitrogen and oxygen atoms in total. The van der Waals surface area contributed by atoms with Crippen LogP contribution in [0, 0.1) is 6.92 Å². The van der Waals surface area contributed by atoms with E-state index in [1.54, 1.807) is 7.11 Å². The number of rotatable bonds is 11. The summed E-state index contributed by atoms with van der Waals surface area (Å²) in [5.74, 6) is 2.51. The molecule has 8 heteroatoms. The second-order valence-electron chi connectivity index (χ2n) is 7.75. The van der Waals surface area contributed by atoms with Gasteiger partial charge in [0.2, 0.25) is 0 Å². The van der Waals surface area contributed by atoms with Gasteiger partial charge in [-0.1, -0.05) is 24.3 Å². The molecule has 182 valence electrons. The second-order valence-corrected chi connectivity index (χ2v) is 7.75. The maximum atomic E-state index is 6.21. The van der Waals surface area contributed by atoms with Gasteiger partial charge >= 0.3 is 0 Å². The highest BCUT2D eigenvalue weighted by Gasteiger charge is 2.18. The minimum atomic E-state index is 0. The van der Waals surface area contributed by atoms with Crippen LogP contribution >= 0.6 is 24.0 Å². The van der Waals surface area contributed by atoms with E-state index in [9.17, 15) is 0 Å². The number of halogens is 1. The zero-order valence-electron chi connectivity index (χ0n) is 19.8. The van der Waals surface area contributed by atoms with Gasteiger partial charge < -0.3 is 29.6 Å². The van der Waals surface area contributed by atoms with E-state index in [4.69, 9.17) is 23.9 Å². The van der Waals surface area contributed by atoms with E-state index < -0.39 is 0 Å². The highest BCUT2D eigenvalue weighted by atomic mass is 127. The fourth-order valence-corrected chi connectivity index (χ4v) is 3.33. The quantitative estimate of drug-likeness (QED) is 0.184. The Bertz CT molecular complexity index is 855. The lowest BCUT2D eigenvalue weighted by Crippen LogP contribution is -2.37. The Kier molecular flexibility index (Phi) is 12.3. The first-order chi connectivity index (χ1) is 15.7. The molecule has 0 aromatic heterocycles. The Balaban J connectivity index is 0.00000385. The van der Waals surface area contributed by atoms with E-state index in [1.807, 2.05) is 24.3 Å². The second kappa shape index (κ2) is 15.0. The smallest absolute Gasteiger partial charge is 0.191 e. The average molecular weight is 569 g/mol. The molecule has 0 amide bonds. The highest BCUT2D eigenvalue weighted by Crippen LogP contribution is 2.23. The summed E-state index contributed by atoms with van der Waals surface area (Å²) < 4.78 is 22.3. The van der Waals surface area contributed by atoms with Crippen LogP contribution in [0.25, 0.3) is 0 Å². The van der Waals surface area contributed by atoms with Gasteiger partial charge in [-0.15, -0.1) is 24.0 Å². The molecule has 1 heterocycles. The molecule has 0 saturated carbocycles. The molecule has 1 atom stereocenters. The Morgan fingerprint density at radius 2 is 1.94 bits per heavy atom. The number of nitrogens with zero attached hydrogens (tertiary/aromatic N) is 1. The predicted molar refractivity (Wildman–Crippen MR) is 142 cm³/mol. The molecule has 0 aliphatic carbocycles. The normalized spacial score (nSPS) is 15.6. The average Bonchev–Trinajstić information content (AvgIpc) is 3.31. The third-order valence-electron chi connectivity index (χ3n) is 5.09. The zero-order chi connectivity index (χ0) is 22.6. The third-order valence-corrected chi connectivity index (χ3v) is 5.09. The molecule has 1 aliphatic heterocycles. The maximum absolute atomic E-state index is 6.21. The van der Waals surface area contributed by atoms with E-state index in [0.29, 0.717) is 32.9 Å². The van der Waals surface area contributed by atoms with Crippen molar-refractivity contribution < 1.29 is 18.9 Å². The molecule has 1 unspecified atom stereocenters. The Hall–Kier alpha value is -2.04. The van der Waals surface area contributed by atoms with Gasteiger partial charge in [0.25, 0.3) is 0 Å². The summed E-state index contributed by atoms with van der Waals surface area (Å²) in [5.41, 5.74) is 3.39. The zero-order valence-corrected chi connectivity index (χ0v) is 22.1. The van der Waals surface area contributed by atoms with Crippen molar-refractivity contribution in [1.29, 1.82) is 0 Å². The van der Waals surface area contributed by atoms with Crippen molar-refractivity contribution in [3.8, 4) is 11.5 Å². The summed E-state index contributed by atoms with van der Waals surface area (Å²) in [6, 6.07) is 14.3. The van der Waals surface area contributed by atoms with E-state index in [2.05, 4.69) is 42.7 Å². The van der Waals surface area contributed by atoms with Crippen LogP contribution in [0.2, 0.25) is 0 Å². The van der Waals surface area contributed by atoms with Gasteiger partial charge in [0.1, 0.15) is 24.2 Å². The van der Waals surface area contributed by atoms with Gasteiger partial charge in [0.15, 0.2) is 5.96 Å². The van der Waals surface area contributed by atoms with E-state index in [0.717, 1.165) is 48.2 Å². The van der Waals surface area contributed by atoms with Gasteiger partial charge in [-0.3, -0.25) is 0 Å². The third kappa shape index (κ3) is 9.38. The number of aryl methyl sites for hydroxylation is 1. The van der Waals surface area contributed by atoms with Crippen LogP contribution in [0.3, 0.4) is 0 Å². The fourth-order valence-electron chi connectivity index (χ4n) is 3.33. The maximum Gasteiger partial charge on any atom is 0.191 e. The van der Waals surface area contributed by atoms with Crippen molar-refractivity contribution in [2.75, 3.05) is 40.1 Å². The first-order valence-corrected chi connectivity index (χ1v) is 11.2. The minimum Gasteiger partial charge on any atom is -0.491 e. The first-order valence-electron chi connectivity index (χ1n) is 11.2. The lowest BCUT2D eigenvalue weighted by atomic mass is 10.1. The molecule has 0 spiro atoms. The van der Waals surface area contributed by atoms with Crippen molar-refractivity contribution >= 4 is 29.9 Å². The molecule has 0 radical (unpaired) electrons. The summed E-state index contributed by atoms with van der Waals surface area (Å²) in [4.78, 5) is 4.73. The lowest BCUT2D eigenvalue weighted by Gasteiger charge is -2.18. The molecular weight excluding hydrogens is 533 g/mol. The van der Waals surface area contributed by atoms with Crippen molar-refractivity contribution in [1.82, 2.24) is 10.6 Å². The van der Waals surface area contributed by atoms with Crippen molar-refractivity contribution in [3.63, 3.8) is 0 Å². The summed E-state index contributed by atoms with van der Waals surface area (Å²) in [5, 5.41) is 6.74. The van der Waals surface area contributed by atoms with Gasteiger partial charge in [-0.25, -0.2) is 4.99 Å². The molecule has 1 aliphatic rings. The SMILES string of the molecule is CCNC(=NCc1ccc(OCCOC)cc1)NCc1ccc(C)cc1OC1CCOC1.I. The summed E-state index contributed by atoms with van der Waals surface area (Å²) >= 11 is 0. The van der Waals surface area contributed by atoms with Crippen molar-refractivity contribution in [2.24, 2.45) is 4.99 Å². The van der Waals surface area contributed by atoms with Crippen LogP contribution in [0.5, 0.6) is 11.5 Å². The van der Waals surface area contributed by atoms with Crippen LogP contribution in [-0.2, 0) is 22.6 Å². The number of aliphatic imine (C=N–C) groups is 1. The lowest BCUT2D eigenvalue weighted by molar-refractivity contribution is 0.140. The van der Waals surface area contributed by atoms with Crippen LogP contribution < -0.4 is 20.1 Å². The number of guanidine groups is 1. The van der Waals surface area contributed by atoms with Gasteiger partial charge in [0.05, 0.1) is 26.4 Å². The number of benzene rings is 2. The Labute approximate surface area is 214 Å². The first kappa shape index (κ1) is 27.2.